The number of nitrogens with zero attached hydrogens (tertiary/aromatic N) is 6. The molecule has 0 aliphatic rings. The van der Waals surface area contributed by atoms with Crippen LogP contribution in [0, 0.1) is 13.8 Å². The van der Waals surface area contributed by atoms with E-state index in [0.717, 1.165) is 22.7 Å². The smallest absolute Gasteiger partial charge is 0.253 e. The van der Waals surface area contributed by atoms with Gasteiger partial charge in [0.2, 0.25) is 16.9 Å². The van der Waals surface area contributed by atoms with Crippen LogP contribution in [0.1, 0.15) is 17.3 Å². The van der Waals surface area contributed by atoms with Gasteiger partial charge in [0.05, 0.1) is 12.9 Å². The van der Waals surface area contributed by atoms with Gasteiger partial charge >= 0.3 is 0 Å². The molecule has 0 amide bonds. The first-order chi connectivity index (χ1) is 12.6. The van der Waals surface area contributed by atoms with Gasteiger partial charge in [-0.15, -0.1) is 15.3 Å². The Balaban J connectivity index is 1.48. The lowest BCUT2D eigenvalue weighted by atomic mass is 10.2. The summed E-state index contributed by atoms with van der Waals surface area (Å²) in [6.45, 7) is 3.91. The van der Waals surface area contributed by atoms with Crippen LogP contribution in [0.2, 0.25) is 0 Å². The molecule has 0 saturated heterocycles. The van der Waals surface area contributed by atoms with Crippen molar-refractivity contribution >= 4 is 17.5 Å². The maximum atomic E-state index is 5.72. The highest BCUT2D eigenvalue weighted by Gasteiger charge is 2.12. The zero-order valence-electron chi connectivity index (χ0n) is 14.5. The highest BCUT2D eigenvalue weighted by Crippen LogP contribution is 2.24. The van der Waals surface area contributed by atoms with Crippen molar-refractivity contribution < 1.29 is 9.15 Å². The molecule has 3 aromatic heterocycles. The van der Waals surface area contributed by atoms with Crippen molar-refractivity contribution in [3.8, 4) is 17.2 Å². The summed E-state index contributed by atoms with van der Waals surface area (Å²) in [5.74, 6) is 2.84. The van der Waals surface area contributed by atoms with Gasteiger partial charge in [0.25, 0.3) is 5.78 Å². The second-order valence-electron chi connectivity index (χ2n) is 5.66. The molecule has 0 N–H and O–H groups in total. The third-order valence-corrected chi connectivity index (χ3v) is 4.55. The molecule has 3 heterocycles. The molecule has 0 aliphatic heterocycles. The molecule has 132 valence electrons. The Kier molecular flexibility index (Phi) is 4.29. The van der Waals surface area contributed by atoms with Crippen molar-refractivity contribution in [1.29, 1.82) is 0 Å². The molecule has 9 heteroatoms. The molecule has 0 radical (unpaired) electrons. The topological polar surface area (TPSA) is 91.2 Å². The molecule has 0 unspecified atom stereocenters. The van der Waals surface area contributed by atoms with Gasteiger partial charge in [-0.25, -0.2) is 9.50 Å². The van der Waals surface area contributed by atoms with E-state index < -0.39 is 0 Å². The lowest BCUT2D eigenvalue weighted by Gasteiger charge is -1.99. The first-order valence-corrected chi connectivity index (χ1v) is 8.91. The van der Waals surface area contributed by atoms with Crippen LogP contribution in [-0.2, 0) is 5.75 Å². The van der Waals surface area contributed by atoms with E-state index in [1.807, 2.05) is 44.2 Å². The number of rotatable bonds is 5. The number of aromatic nitrogens is 6. The van der Waals surface area contributed by atoms with Gasteiger partial charge in [-0.1, -0.05) is 11.8 Å². The number of aryl methyl sites for hydroxylation is 2. The summed E-state index contributed by atoms with van der Waals surface area (Å²) in [6, 6.07) is 9.43. The molecule has 26 heavy (non-hydrogen) atoms. The van der Waals surface area contributed by atoms with Gasteiger partial charge in [-0.05, 0) is 44.2 Å². The van der Waals surface area contributed by atoms with E-state index in [1.54, 1.807) is 11.6 Å². The van der Waals surface area contributed by atoms with Crippen molar-refractivity contribution in [2.24, 2.45) is 0 Å². The van der Waals surface area contributed by atoms with Crippen LogP contribution >= 0.6 is 11.8 Å². The molecule has 0 saturated carbocycles. The quantitative estimate of drug-likeness (QED) is 0.496. The Bertz CT molecular complexity index is 1060. The lowest BCUT2D eigenvalue weighted by Crippen LogP contribution is -1.97. The van der Waals surface area contributed by atoms with Gasteiger partial charge in [-0.2, -0.15) is 4.98 Å². The summed E-state index contributed by atoms with van der Waals surface area (Å²) in [6.07, 6.45) is 0. The van der Waals surface area contributed by atoms with E-state index in [0.29, 0.717) is 28.5 Å². The van der Waals surface area contributed by atoms with E-state index in [4.69, 9.17) is 9.15 Å². The highest BCUT2D eigenvalue weighted by atomic mass is 32.2. The third-order valence-electron chi connectivity index (χ3n) is 3.73. The number of hydrogen-bond donors (Lipinski definition) is 0. The fourth-order valence-electron chi connectivity index (χ4n) is 2.50. The predicted molar refractivity (Wildman–Crippen MR) is 96.1 cm³/mol. The second kappa shape index (κ2) is 6.75. The van der Waals surface area contributed by atoms with E-state index in [1.165, 1.54) is 11.8 Å². The summed E-state index contributed by atoms with van der Waals surface area (Å²) < 4.78 is 12.6. The average Bonchev–Trinajstić information content (AvgIpc) is 3.27. The van der Waals surface area contributed by atoms with Crippen molar-refractivity contribution in [1.82, 2.24) is 29.8 Å². The zero-order chi connectivity index (χ0) is 18.1. The summed E-state index contributed by atoms with van der Waals surface area (Å²) >= 11 is 1.43. The average molecular weight is 368 g/mol. The van der Waals surface area contributed by atoms with Crippen molar-refractivity contribution in [3.63, 3.8) is 0 Å². The number of thioether (sulfide) groups is 1. The minimum absolute atomic E-state index is 0.472. The van der Waals surface area contributed by atoms with Gasteiger partial charge in [0, 0.05) is 17.0 Å². The van der Waals surface area contributed by atoms with Crippen LogP contribution in [0.15, 0.2) is 39.9 Å². The minimum Gasteiger partial charge on any atom is -0.497 e. The van der Waals surface area contributed by atoms with E-state index in [-0.39, 0.29) is 0 Å². The van der Waals surface area contributed by atoms with Crippen LogP contribution in [0.4, 0.5) is 0 Å². The van der Waals surface area contributed by atoms with Crippen LogP contribution in [0.3, 0.4) is 0 Å². The van der Waals surface area contributed by atoms with E-state index in [2.05, 4.69) is 25.3 Å². The van der Waals surface area contributed by atoms with Crippen molar-refractivity contribution in [2.75, 3.05) is 7.11 Å². The largest absolute Gasteiger partial charge is 0.497 e. The number of ether oxygens (including phenoxy) is 1. The fraction of sp³-hybridized carbons (Fsp3) is 0.235. The Morgan fingerprint density at radius 3 is 2.69 bits per heavy atom. The van der Waals surface area contributed by atoms with Gasteiger partial charge in [0.15, 0.2) is 0 Å². The first kappa shape index (κ1) is 16.5. The molecular formula is C17H16N6O2S. The summed E-state index contributed by atoms with van der Waals surface area (Å²) in [5.41, 5.74) is 2.75. The Hall–Kier alpha value is -2.94. The Morgan fingerprint density at radius 1 is 1.12 bits per heavy atom. The fourth-order valence-corrected chi connectivity index (χ4v) is 3.15. The summed E-state index contributed by atoms with van der Waals surface area (Å²) in [5, 5.41) is 13.3. The third kappa shape index (κ3) is 3.25. The maximum Gasteiger partial charge on any atom is 0.253 e. The number of methoxy groups -OCH3 is 1. The summed E-state index contributed by atoms with van der Waals surface area (Å²) in [4.78, 5) is 8.82. The molecule has 0 spiro atoms. The molecule has 0 aliphatic carbocycles. The maximum absolute atomic E-state index is 5.72. The van der Waals surface area contributed by atoms with Gasteiger partial charge < -0.3 is 9.15 Å². The number of fused-ring (bicyclic) bond motifs is 1. The molecule has 0 atom stereocenters. The van der Waals surface area contributed by atoms with Crippen LogP contribution < -0.4 is 4.74 Å². The number of benzene rings is 1. The van der Waals surface area contributed by atoms with Gasteiger partial charge in [0.1, 0.15) is 5.75 Å². The van der Waals surface area contributed by atoms with Crippen LogP contribution in [-0.4, -0.2) is 36.9 Å². The van der Waals surface area contributed by atoms with Crippen LogP contribution in [0.25, 0.3) is 17.2 Å². The standard InChI is InChI=1S/C17H16N6O2S/c1-10-8-11(2)23-16(18-10)19-17(22-23)26-9-14-20-21-15(25-14)12-4-6-13(24-3)7-5-12/h4-8H,9H2,1-3H3. The molecule has 0 fully saturated rings. The Morgan fingerprint density at radius 2 is 1.92 bits per heavy atom. The SMILES string of the molecule is COc1ccc(-c2nnc(CSc3nc4nc(C)cc(C)n4n3)o2)cc1. The second-order valence-corrected chi connectivity index (χ2v) is 6.61. The van der Waals surface area contributed by atoms with Crippen LogP contribution in [0.5, 0.6) is 5.75 Å². The predicted octanol–water partition coefficient (Wildman–Crippen LogP) is 3.09. The minimum atomic E-state index is 0.472. The molecule has 0 bridgehead atoms. The van der Waals surface area contributed by atoms with E-state index >= 15 is 0 Å². The highest BCUT2D eigenvalue weighted by molar-refractivity contribution is 7.98. The van der Waals surface area contributed by atoms with E-state index in [9.17, 15) is 0 Å². The summed E-state index contributed by atoms with van der Waals surface area (Å²) in [7, 11) is 1.63. The monoisotopic (exact) mass is 368 g/mol. The normalized spacial score (nSPS) is 11.2. The zero-order valence-corrected chi connectivity index (χ0v) is 15.3. The Labute approximate surface area is 153 Å². The molecule has 8 nitrogen and oxygen atoms in total. The lowest BCUT2D eigenvalue weighted by molar-refractivity contribution is 0.415. The first-order valence-electron chi connectivity index (χ1n) is 7.93. The molecule has 4 rings (SSSR count). The van der Waals surface area contributed by atoms with Crippen molar-refractivity contribution in [2.45, 2.75) is 24.8 Å². The van der Waals surface area contributed by atoms with Crippen molar-refractivity contribution in [3.05, 3.63) is 47.6 Å². The molecule has 1 aromatic carbocycles. The van der Waals surface area contributed by atoms with Gasteiger partial charge in [-0.3, -0.25) is 0 Å². The molecular weight excluding hydrogens is 352 g/mol. The number of hydrogen-bond acceptors (Lipinski definition) is 8. The molecule has 4 aromatic rings.